The lowest BCUT2D eigenvalue weighted by molar-refractivity contribution is -0.00000659. The first-order valence-electron chi connectivity index (χ1n) is 11.7. The molecule has 174 valence electrons. The maximum absolute atomic E-state index is 4.06. The number of rotatable bonds is 7. The number of hydrogen-bond donors (Lipinski definition) is 0. The van der Waals surface area contributed by atoms with E-state index in [-0.39, 0.29) is 17.0 Å². The van der Waals surface area contributed by atoms with E-state index < -0.39 is 7.26 Å². The fourth-order valence-electron chi connectivity index (χ4n) is 4.38. The Labute approximate surface area is 221 Å². The monoisotopic (exact) mass is 536 g/mol. The zero-order chi connectivity index (χ0) is 23.6. The molecule has 0 heterocycles. The summed E-state index contributed by atoms with van der Waals surface area (Å²) in [5.74, 6) is 7.25. The molecule has 35 heavy (non-hydrogen) atoms. The molecule has 0 atom stereocenters. The summed E-state index contributed by atoms with van der Waals surface area (Å²) in [4.78, 5) is 0. The van der Waals surface area contributed by atoms with Gasteiger partial charge in [-0.15, -0.1) is 0 Å². The summed E-state index contributed by atoms with van der Waals surface area (Å²) < 4.78 is 0. The third-order valence-electron chi connectivity index (χ3n) is 6.13. The highest BCUT2D eigenvalue weighted by Crippen LogP contribution is 2.54. The van der Waals surface area contributed by atoms with Crippen LogP contribution < -0.4 is 32.9 Å². The summed E-state index contributed by atoms with van der Waals surface area (Å²) in [7, 11) is -1.97. The topological polar surface area (TPSA) is 0 Å². The van der Waals surface area contributed by atoms with Gasteiger partial charge in [0, 0.05) is 5.57 Å². The number of halogens is 1. The Morgan fingerprint density at radius 1 is 0.686 bits per heavy atom. The quantitative estimate of drug-likeness (QED) is 0.190. The average Bonchev–Trinajstić information content (AvgIpc) is 2.93. The van der Waals surface area contributed by atoms with Crippen molar-refractivity contribution in [2.45, 2.75) is 13.3 Å². The van der Waals surface area contributed by atoms with Gasteiger partial charge >= 0.3 is 0 Å². The van der Waals surface area contributed by atoms with Gasteiger partial charge in [0.1, 0.15) is 29.3 Å². The molecule has 0 nitrogen and oxygen atoms in total. The lowest BCUT2D eigenvalue weighted by atomic mass is 9.98. The minimum absolute atomic E-state index is 0. The van der Waals surface area contributed by atoms with Crippen LogP contribution in [0.3, 0.4) is 0 Å². The van der Waals surface area contributed by atoms with E-state index >= 15 is 0 Å². The Morgan fingerprint density at radius 2 is 1.09 bits per heavy atom. The summed E-state index contributed by atoms with van der Waals surface area (Å²) in [6, 6.07) is 43.2. The zero-order valence-corrected chi connectivity index (χ0v) is 22.6. The van der Waals surface area contributed by atoms with Gasteiger partial charge in [0.05, 0.1) is 0 Å². The maximum Gasteiger partial charge on any atom is 0.134 e. The number of hydrogen-bond acceptors (Lipinski definition) is 0. The zero-order valence-electron chi connectivity index (χ0n) is 20.1. The standard InChI is InChI=1S/C33H30P.BrH/c1-3-28(4-2)33(29-18-9-5-10-19-29)26-17-27-34(30-20-11-6-12-21-30,31-22-13-7-14-23-31)32-24-15-8-16-25-32;/h3,5-16,18-25H,1,4,27H2,2H3;1H/q+1;/p-1/b33-28-;. The minimum atomic E-state index is -1.97. The van der Waals surface area contributed by atoms with E-state index in [1.165, 1.54) is 21.5 Å². The summed E-state index contributed by atoms with van der Waals surface area (Å²) >= 11 is 0. The van der Waals surface area contributed by atoms with Gasteiger partial charge in [-0.2, -0.15) is 0 Å². The van der Waals surface area contributed by atoms with Gasteiger partial charge in [-0.25, -0.2) is 0 Å². The van der Waals surface area contributed by atoms with Gasteiger partial charge < -0.3 is 17.0 Å². The summed E-state index contributed by atoms with van der Waals surface area (Å²) in [5.41, 5.74) is 3.40. The van der Waals surface area contributed by atoms with Crippen LogP contribution in [-0.2, 0) is 0 Å². The van der Waals surface area contributed by atoms with E-state index in [0.717, 1.165) is 23.7 Å². The predicted octanol–water partition coefficient (Wildman–Crippen LogP) is 4.04. The third-order valence-corrected chi connectivity index (χ3v) is 10.3. The molecule has 0 radical (unpaired) electrons. The van der Waals surface area contributed by atoms with Crippen molar-refractivity contribution in [3.05, 3.63) is 145 Å². The summed E-state index contributed by atoms with van der Waals surface area (Å²) in [6.45, 7) is 6.22. The lowest BCUT2D eigenvalue weighted by Crippen LogP contribution is -3.00. The first kappa shape index (κ1) is 26.4. The van der Waals surface area contributed by atoms with Crippen molar-refractivity contribution in [1.29, 1.82) is 0 Å². The Bertz CT molecular complexity index is 1200. The van der Waals surface area contributed by atoms with Crippen molar-refractivity contribution in [2.24, 2.45) is 0 Å². The molecule has 0 spiro atoms. The largest absolute Gasteiger partial charge is 1.00 e. The summed E-state index contributed by atoms with van der Waals surface area (Å²) in [6.07, 6.45) is 3.62. The minimum Gasteiger partial charge on any atom is -1.00 e. The van der Waals surface area contributed by atoms with Crippen LogP contribution in [0.4, 0.5) is 0 Å². The normalized spacial score (nSPS) is 11.3. The molecule has 0 aliphatic rings. The molecule has 0 aliphatic carbocycles. The first-order chi connectivity index (χ1) is 16.8. The Morgan fingerprint density at radius 3 is 1.46 bits per heavy atom. The molecule has 0 N–H and O–H groups in total. The van der Waals surface area contributed by atoms with Crippen LogP contribution in [0.1, 0.15) is 18.9 Å². The fraction of sp³-hybridized carbons (Fsp3) is 0.0909. The molecule has 0 unspecified atom stereocenters. The molecule has 0 amide bonds. The van der Waals surface area contributed by atoms with Crippen LogP contribution in [0.15, 0.2) is 140 Å². The fourth-order valence-corrected chi connectivity index (χ4v) is 8.18. The van der Waals surface area contributed by atoms with E-state index in [2.05, 4.69) is 141 Å². The van der Waals surface area contributed by atoms with E-state index in [1.54, 1.807) is 0 Å². The van der Waals surface area contributed by atoms with Crippen LogP contribution in [-0.4, -0.2) is 6.16 Å². The molecule has 0 aromatic heterocycles. The second-order valence-corrected chi connectivity index (χ2v) is 11.6. The van der Waals surface area contributed by atoms with Crippen molar-refractivity contribution in [2.75, 3.05) is 6.16 Å². The van der Waals surface area contributed by atoms with Crippen molar-refractivity contribution in [1.82, 2.24) is 0 Å². The highest BCUT2D eigenvalue weighted by molar-refractivity contribution is 7.95. The molecule has 4 aromatic rings. The van der Waals surface area contributed by atoms with Crippen molar-refractivity contribution in [3.8, 4) is 11.8 Å². The van der Waals surface area contributed by atoms with Gasteiger partial charge in [0.25, 0.3) is 0 Å². The van der Waals surface area contributed by atoms with Crippen LogP contribution in [0.5, 0.6) is 0 Å². The van der Waals surface area contributed by atoms with Gasteiger partial charge in [-0.1, -0.05) is 116 Å². The highest BCUT2D eigenvalue weighted by Gasteiger charge is 2.44. The van der Waals surface area contributed by atoms with Crippen LogP contribution in [0, 0.1) is 11.8 Å². The molecule has 2 heteroatoms. The van der Waals surface area contributed by atoms with E-state index in [0.29, 0.717) is 0 Å². The Balaban J connectivity index is 0.00000342. The maximum atomic E-state index is 4.06. The average molecular weight is 537 g/mol. The number of benzene rings is 4. The van der Waals surface area contributed by atoms with E-state index in [1.807, 2.05) is 12.1 Å². The number of allylic oxidation sites excluding steroid dienone is 3. The molecule has 0 saturated carbocycles. The van der Waals surface area contributed by atoms with Gasteiger partial charge in [0.15, 0.2) is 0 Å². The SMILES string of the molecule is C=C/C(CC)=C(\C#CC[P+](c1ccccc1)(c1ccccc1)c1ccccc1)c1ccccc1.[Br-]. The molecular formula is C33H30BrP. The Hall–Kier alpha value is -3.17. The molecule has 0 aliphatic heterocycles. The smallest absolute Gasteiger partial charge is 0.134 e. The third kappa shape index (κ3) is 5.91. The second kappa shape index (κ2) is 13.1. The molecule has 4 rings (SSSR count). The molecule has 0 bridgehead atoms. The molecule has 0 saturated heterocycles. The van der Waals surface area contributed by atoms with E-state index in [4.69, 9.17) is 0 Å². The molecule has 4 aromatic carbocycles. The lowest BCUT2D eigenvalue weighted by Gasteiger charge is -2.25. The van der Waals surface area contributed by atoms with Crippen LogP contribution >= 0.6 is 7.26 Å². The highest BCUT2D eigenvalue weighted by atomic mass is 79.9. The summed E-state index contributed by atoms with van der Waals surface area (Å²) in [5, 5.41) is 4.06. The predicted molar refractivity (Wildman–Crippen MR) is 152 cm³/mol. The molecule has 0 fully saturated rings. The van der Waals surface area contributed by atoms with Gasteiger partial charge in [0.2, 0.25) is 0 Å². The van der Waals surface area contributed by atoms with Gasteiger partial charge in [-0.05, 0) is 54.0 Å². The van der Waals surface area contributed by atoms with Gasteiger partial charge in [-0.3, -0.25) is 0 Å². The Kier molecular flexibility index (Phi) is 9.86. The first-order valence-corrected chi connectivity index (χ1v) is 13.7. The second-order valence-electron chi connectivity index (χ2n) is 8.10. The van der Waals surface area contributed by atoms with Crippen molar-refractivity contribution < 1.29 is 17.0 Å². The van der Waals surface area contributed by atoms with Crippen LogP contribution in [0.25, 0.3) is 5.57 Å². The van der Waals surface area contributed by atoms with Crippen molar-refractivity contribution in [3.63, 3.8) is 0 Å². The molecular weight excluding hydrogens is 507 g/mol. The van der Waals surface area contributed by atoms with Crippen LogP contribution in [0.2, 0.25) is 0 Å². The van der Waals surface area contributed by atoms with Crippen molar-refractivity contribution >= 4 is 28.7 Å². The van der Waals surface area contributed by atoms with E-state index in [9.17, 15) is 0 Å².